The van der Waals surface area contributed by atoms with Crippen molar-refractivity contribution < 1.29 is 13.2 Å². The topological polar surface area (TPSA) is 67.4 Å². The molecule has 20 heavy (non-hydrogen) atoms. The molecule has 0 saturated carbocycles. The second kappa shape index (κ2) is 8.11. The third-order valence-electron chi connectivity index (χ3n) is 2.86. The van der Waals surface area contributed by atoms with Crippen LogP contribution in [0.25, 0.3) is 0 Å². The molecule has 1 atom stereocenters. The monoisotopic (exact) mass is 300 g/mol. The van der Waals surface area contributed by atoms with Gasteiger partial charge in [0.15, 0.2) is 0 Å². The first-order chi connectivity index (χ1) is 9.46. The molecule has 0 amide bonds. The Balaban J connectivity index is 2.65. The maximum Gasteiger partial charge on any atom is 0.232 e. The van der Waals surface area contributed by atoms with E-state index in [0.29, 0.717) is 24.4 Å². The fourth-order valence-electron chi connectivity index (χ4n) is 1.62. The van der Waals surface area contributed by atoms with Gasteiger partial charge in [0.25, 0.3) is 0 Å². The van der Waals surface area contributed by atoms with Crippen molar-refractivity contribution >= 4 is 15.7 Å². The molecule has 0 aliphatic rings. The quantitative estimate of drug-likeness (QED) is 0.686. The van der Waals surface area contributed by atoms with Crippen LogP contribution in [-0.4, -0.2) is 33.9 Å². The summed E-state index contributed by atoms with van der Waals surface area (Å²) in [6, 6.07) is 7.04. The van der Waals surface area contributed by atoms with Crippen LogP contribution in [0.5, 0.6) is 5.75 Å². The molecule has 0 radical (unpaired) electrons. The summed E-state index contributed by atoms with van der Waals surface area (Å²) in [7, 11) is -1.50. The molecule has 2 N–H and O–H groups in total. The standard InChI is InChI=1S/C14H24N2O3S/c1-4-12(2)19-14-8-5-7-13(11-14)16-20(17,18)10-6-9-15-3/h5,7-8,11-12,15-16H,4,6,9-10H2,1-3H3. The van der Waals surface area contributed by atoms with Crippen LogP contribution in [0, 0.1) is 0 Å². The maximum atomic E-state index is 11.9. The highest BCUT2D eigenvalue weighted by molar-refractivity contribution is 7.92. The summed E-state index contributed by atoms with van der Waals surface area (Å²) < 4.78 is 32.0. The lowest BCUT2D eigenvalue weighted by atomic mass is 10.3. The molecular formula is C14H24N2O3S. The molecule has 114 valence electrons. The lowest BCUT2D eigenvalue weighted by Crippen LogP contribution is -2.20. The first-order valence-corrected chi connectivity index (χ1v) is 8.54. The molecule has 0 fully saturated rings. The van der Waals surface area contributed by atoms with E-state index >= 15 is 0 Å². The molecule has 0 spiro atoms. The summed E-state index contributed by atoms with van der Waals surface area (Å²) >= 11 is 0. The van der Waals surface area contributed by atoms with E-state index < -0.39 is 10.0 Å². The van der Waals surface area contributed by atoms with Gasteiger partial charge >= 0.3 is 0 Å². The summed E-state index contributed by atoms with van der Waals surface area (Å²) in [5.41, 5.74) is 0.537. The van der Waals surface area contributed by atoms with Crippen molar-refractivity contribution in [3.05, 3.63) is 24.3 Å². The minimum atomic E-state index is -3.30. The van der Waals surface area contributed by atoms with Gasteiger partial charge in [-0.3, -0.25) is 4.72 Å². The van der Waals surface area contributed by atoms with E-state index in [4.69, 9.17) is 4.74 Å². The molecule has 0 bridgehead atoms. The smallest absolute Gasteiger partial charge is 0.232 e. The maximum absolute atomic E-state index is 11.9. The normalized spacial score (nSPS) is 12.9. The predicted molar refractivity (Wildman–Crippen MR) is 82.8 cm³/mol. The zero-order valence-corrected chi connectivity index (χ0v) is 13.2. The molecule has 0 heterocycles. The van der Waals surface area contributed by atoms with Crippen LogP contribution in [0.2, 0.25) is 0 Å². The number of hydrogen-bond donors (Lipinski definition) is 2. The zero-order chi connectivity index (χ0) is 15.0. The van der Waals surface area contributed by atoms with Crippen LogP contribution >= 0.6 is 0 Å². The van der Waals surface area contributed by atoms with E-state index in [1.165, 1.54) is 0 Å². The average Bonchev–Trinajstić information content (AvgIpc) is 2.38. The van der Waals surface area contributed by atoms with Gasteiger partial charge in [-0.05, 0) is 45.5 Å². The Labute approximate surface area is 121 Å². The van der Waals surface area contributed by atoms with Crippen LogP contribution in [0.4, 0.5) is 5.69 Å². The molecule has 6 heteroatoms. The van der Waals surface area contributed by atoms with Gasteiger partial charge in [0, 0.05) is 6.07 Å². The molecule has 1 rings (SSSR count). The molecule has 0 aromatic heterocycles. The van der Waals surface area contributed by atoms with Gasteiger partial charge in [0.05, 0.1) is 17.5 Å². The van der Waals surface area contributed by atoms with Gasteiger partial charge in [-0.1, -0.05) is 13.0 Å². The van der Waals surface area contributed by atoms with Crippen LogP contribution in [0.3, 0.4) is 0 Å². The second-order valence-electron chi connectivity index (χ2n) is 4.74. The van der Waals surface area contributed by atoms with E-state index in [0.717, 1.165) is 6.42 Å². The summed E-state index contributed by atoms with van der Waals surface area (Å²) in [5.74, 6) is 0.777. The lowest BCUT2D eigenvalue weighted by Gasteiger charge is -2.14. The number of ether oxygens (including phenoxy) is 1. The largest absolute Gasteiger partial charge is 0.491 e. The fraction of sp³-hybridized carbons (Fsp3) is 0.571. The van der Waals surface area contributed by atoms with Crippen LogP contribution in [0.15, 0.2) is 24.3 Å². The van der Waals surface area contributed by atoms with E-state index in [9.17, 15) is 8.42 Å². The fourth-order valence-corrected chi connectivity index (χ4v) is 2.73. The molecule has 1 aromatic carbocycles. The summed E-state index contributed by atoms with van der Waals surface area (Å²) in [4.78, 5) is 0. The van der Waals surface area contributed by atoms with Crippen molar-refractivity contribution in [2.24, 2.45) is 0 Å². The van der Waals surface area contributed by atoms with E-state index in [-0.39, 0.29) is 11.9 Å². The summed E-state index contributed by atoms with van der Waals surface area (Å²) in [5, 5.41) is 2.93. The van der Waals surface area contributed by atoms with E-state index in [1.807, 2.05) is 19.9 Å². The Morgan fingerprint density at radius 3 is 2.75 bits per heavy atom. The Hall–Kier alpha value is -1.27. The van der Waals surface area contributed by atoms with Crippen molar-refractivity contribution in [2.75, 3.05) is 24.1 Å². The van der Waals surface area contributed by atoms with Gasteiger partial charge in [-0.15, -0.1) is 0 Å². The summed E-state index contributed by atoms with van der Waals surface area (Å²) in [6.07, 6.45) is 1.59. The average molecular weight is 300 g/mol. The minimum Gasteiger partial charge on any atom is -0.491 e. The van der Waals surface area contributed by atoms with Crippen molar-refractivity contribution in [1.82, 2.24) is 5.32 Å². The number of benzene rings is 1. The first kappa shape index (κ1) is 16.8. The Morgan fingerprint density at radius 2 is 2.10 bits per heavy atom. The number of rotatable bonds is 9. The van der Waals surface area contributed by atoms with Gasteiger partial charge in [0.2, 0.25) is 10.0 Å². The van der Waals surface area contributed by atoms with Crippen LogP contribution < -0.4 is 14.8 Å². The molecule has 0 aliphatic carbocycles. The minimum absolute atomic E-state index is 0.101. The van der Waals surface area contributed by atoms with Gasteiger partial charge in [0.1, 0.15) is 5.75 Å². The SMILES string of the molecule is CCC(C)Oc1cccc(NS(=O)(=O)CCCNC)c1. The van der Waals surface area contributed by atoms with E-state index in [1.54, 1.807) is 25.2 Å². The highest BCUT2D eigenvalue weighted by Crippen LogP contribution is 2.20. The van der Waals surface area contributed by atoms with Gasteiger partial charge in [-0.2, -0.15) is 0 Å². The highest BCUT2D eigenvalue weighted by atomic mass is 32.2. The third kappa shape index (κ3) is 6.25. The second-order valence-corrected chi connectivity index (χ2v) is 6.58. The molecule has 1 aromatic rings. The molecule has 5 nitrogen and oxygen atoms in total. The van der Waals surface area contributed by atoms with Crippen molar-refractivity contribution in [3.8, 4) is 5.75 Å². The van der Waals surface area contributed by atoms with Crippen molar-refractivity contribution in [2.45, 2.75) is 32.8 Å². The molecule has 0 aliphatic heterocycles. The number of hydrogen-bond acceptors (Lipinski definition) is 4. The number of anilines is 1. The molecular weight excluding hydrogens is 276 g/mol. The first-order valence-electron chi connectivity index (χ1n) is 6.88. The van der Waals surface area contributed by atoms with Crippen molar-refractivity contribution in [1.29, 1.82) is 0 Å². The zero-order valence-electron chi connectivity index (χ0n) is 12.3. The number of nitrogens with one attached hydrogen (secondary N) is 2. The van der Waals surface area contributed by atoms with Crippen LogP contribution in [-0.2, 0) is 10.0 Å². The number of sulfonamides is 1. The Morgan fingerprint density at radius 1 is 1.35 bits per heavy atom. The van der Waals surface area contributed by atoms with E-state index in [2.05, 4.69) is 10.0 Å². The molecule has 0 saturated heterocycles. The Kier molecular flexibility index (Phi) is 6.81. The molecule has 1 unspecified atom stereocenters. The Bertz CT molecular complexity index is 503. The van der Waals surface area contributed by atoms with Crippen LogP contribution in [0.1, 0.15) is 26.7 Å². The van der Waals surface area contributed by atoms with Gasteiger partial charge in [-0.25, -0.2) is 8.42 Å². The van der Waals surface area contributed by atoms with Gasteiger partial charge < -0.3 is 10.1 Å². The third-order valence-corrected chi connectivity index (χ3v) is 4.23. The highest BCUT2D eigenvalue weighted by Gasteiger charge is 2.10. The predicted octanol–water partition coefficient (Wildman–Crippen LogP) is 2.22. The lowest BCUT2D eigenvalue weighted by molar-refractivity contribution is 0.217. The van der Waals surface area contributed by atoms with Crippen molar-refractivity contribution in [3.63, 3.8) is 0 Å². The summed E-state index contributed by atoms with van der Waals surface area (Å²) in [6.45, 7) is 4.70.